The fraction of sp³-hybridized carbons (Fsp3) is 0.263. The summed E-state index contributed by atoms with van der Waals surface area (Å²) in [6.07, 6.45) is 0. The third kappa shape index (κ3) is 7.29. The van der Waals surface area contributed by atoms with Crippen LogP contribution in [0.25, 0.3) is 0 Å². The number of nitrogens with zero attached hydrogens (tertiary/aromatic N) is 1. The molecule has 9 heteroatoms. The Kier molecular flexibility index (Phi) is 9.63. The Morgan fingerprint density at radius 1 is 1.21 bits per heavy atom. The number of nitrogens with one attached hydrogen (secondary N) is 2. The van der Waals surface area contributed by atoms with Crippen molar-refractivity contribution in [3.05, 3.63) is 65.2 Å². The highest BCUT2D eigenvalue weighted by molar-refractivity contribution is 14.0. The van der Waals surface area contributed by atoms with E-state index in [4.69, 9.17) is 10.5 Å². The van der Waals surface area contributed by atoms with E-state index in [0.29, 0.717) is 23.8 Å². The molecular formula is C19H23F2IN4O2. The van der Waals surface area contributed by atoms with E-state index in [-0.39, 0.29) is 36.6 Å². The van der Waals surface area contributed by atoms with Crippen molar-refractivity contribution in [2.45, 2.75) is 19.5 Å². The smallest absolute Gasteiger partial charge is 0.255 e. The number of hydrogen-bond donors (Lipinski definition) is 3. The van der Waals surface area contributed by atoms with Gasteiger partial charge < -0.3 is 21.1 Å². The van der Waals surface area contributed by atoms with Gasteiger partial charge in [0.2, 0.25) is 0 Å². The number of primary amides is 1. The van der Waals surface area contributed by atoms with Crippen LogP contribution in [-0.4, -0.2) is 25.5 Å². The summed E-state index contributed by atoms with van der Waals surface area (Å²) >= 11 is 0. The van der Waals surface area contributed by atoms with E-state index in [0.717, 1.165) is 17.7 Å². The maximum absolute atomic E-state index is 13.4. The fourth-order valence-corrected chi connectivity index (χ4v) is 2.35. The molecule has 152 valence electrons. The molecule has 4 N–H and O–H groups in total. The van der Waals surface area contributed by atoms with E-state index in [2.05, 4.69) is 15.6 Å². The molecule has 0 heterocycles. The topological polar surface area (TPSA) is 88.7 Å². The van der Waals surface area contributed by atoms with Gasteiger partial charge in [-0.15, -0.1) is 24.0 Å². The zero-order chi connectivity index (χ0) is 19.8. The predicted octanol–water partition coefficient (Wildman–Crippen LogP) is 2.87. The lowest BCUT2D eigenvalue weighted by atomic mass is 10.1. The van der Waals surface area contributed by atoms with Crippen LogP contribution < -0.4 is 21.1 Å². The molecule has 28 heavy (non-hydrogen) atoms. The highest BCUT2D eigenvalue weighted by Crippen LogP contribution is 2.16. The monoisotopic (exact) mass is 504 g/mol. The van der Waals surface area contributed by atoms with Gasteiger partial charge in [-0.2, -0.15) is 0 Å². The van der Waals surface area contributed by atoms with Crippen molar-refractivity contribution in [3.8, 4) is 5.75 Å². The first-order valence-electron chi connectivity index (χ1n) is 8.31. The molecule has 0 radical (unpaired) electrons. The summed E-state index contributed by atoms with van der Waals surface area (Å²) < 4.78 is 31.7. The lowest BCUT2D eigenvalue weighted by Gasteiger charge is -2.18. The molecule has 2 rings (SSSR count). The Balaban J connectivity index is 0.00000392. The largest absolute Gasteiger partial charge is 0.484 e. The third-order valence-electron chi connectivity index (χ3n) is 3.76. The second-order valence-electron chi connectivity index (χ2n) is 5.87. The van der Waals surface area contributed by atoms with Crippen LogP contribution >= 0.6 is 24.0 Å². The van der Waals surface area contributed by atoms with Gasteiger partial charge in [0.1, 0.15) is 5.75 Å². The van der Waals surface area contributed by atoms with Gasteiger partial charge >= 0.3 is 0 Å². The molecule has 0 saturated carbocycles. The van der Waals surface area contributed by atoms with E-state index >= 15 is 0 Å². The van der Waals surface area contributed by atoms with E-state index in [1.165, 1.54) is 6.07 Å². The van der Waals surface area contributed by atoms with Crippen LogP contribution in [0.1, 0.15) is 24.1 Å². The van der Waals surface area contributed by atoms with Crippen LogP contribution in [0.15, 0.2) is 47.5 Å². The summed E-state index contributed by atoms with van der Waals surface area (Å²) in [4.78, 5) is 14.9. The Labute approximate surface area is 179 Å². The van der Waals surface area contributed by atoms with Crippen LogP contribution in [0.4, 0.5) is 8.78 Å². The van der Waals surface area contributed by atoms with Gasteiger partial charge in [-0.25, -0.2) is 8.78 Å². The summed E-state index contributed by atoms with van der Waals surface area (Å²) in [6.45, 7) is 2.07. The molecule has 0 saturated heterocycles. The highest BCUT2D eigenvalue weighted by atomic mass is 127. The number of amides is 1. The first kappa shape index (κ1) is 23.6. The lowest BCUT2D eigenvalue weighted by molar-refractivity contribution is -0.119. The van der Waals surface area contributed by atoms with Gasteiger partial charge in [-0.05, 0) is 42.3 Å². The second kappa shape index (κ2) is 11.4. The maximum atomic E-state index is 13.4. The lowest BCUT2D eigenvalue weighted by Crippen LogP contribution is -2.38. The summed E-state index contributed by atoms with van der Waals surface area (Å²) in [7, 11) is 1.61. The van der Waals surface area contributed by atoms with Crippen LogP contribution in [0.5, 0.6) is 5.75 Å². The molecule has 6 nitrogen and oxygen atoms in total. The van der Waals surface area contributed by atoms with Gasteiger partial charge in [0.25, 0.3) is 5.91 Å². The number of carbonyl (C=O) groups is 1. The number of aliphatic imine (C=N–C) groups is 1. The first-order chi connectivity index (χ1) is 12.9. The van der Waals surface area contributed by atoms with Crippen LogP contribution in [-0.2, 0) is 11.3 Å². The molecule has 0 aliphatic rings. The van der Waals surface area contributed by atoms with Crippen molar-refractivity contribution < 1.29 is 18.3 Å². The minimum Gasteiger partial charge on any atom is -0.484 e. The van der Waals surface area contributed by atoms with Gasteiger partial charge in [0.15, 0.2) is 24.2 Å². The predicted molar refractivity (Wildman–Crippen MR) is 115 cm³/mol. The van der Waals surface area contributed by atoms with E-state index in [1.807, 2.05) is 13.0 Å². The number of benzene rings is 2. The minimum atomic E-state index is -0.892. The average molecular weight is 504 g/mol. The molecule has 1 amide bonds. The normalized spacial score (nSPS) is 11.9. The molecular weight excluding hydrogens is 481 g/mol. The molecule has 0 fully saturated rings. The zero-order valence-electron chi connectivity index (χ0n) is 15.5. The Morgan fingerprint density at radius 2 is 1.96 bits per heavy atom. The summed E-state index contributed by atoms with van der Waals surface area (Å²) in [5, 5.41) is 6.24. The number of ether oxygens (including phenoxy) is 1. The minimum absolute atomic E-state index is 0. The number of halogens is 3. The number of carbonyl (C=O) groups excluding carboxylic acids is 1. The molecule has 0 bridgehead atoms. The molecule has 0 aliphatic carbocycles. The fourth-order valence-electron chi connectivity index (χ4n) is 2.35. The summed E-state index contributed by atoms with van der Waals surface area (Å²) in [5.41, 5.74) is 6.56. The Bertz CT molecular complexity index is 833. The molecule has 0 aromatic heterocycles. The molecule has 1 unspecified atom stereocenters. The number of guanidine groups is 1. The Morgan fingerprint density at radius 3 is 2.61 bits per heavy atom. The van der Waals surface area contributed by atoms with E-state index in [1.54, 1.807) is 25.2 Å². The van der Waals surface area contributed by atoms with Crippen molar-refractivity contribution in [3.63, 3.8) is 0 Å². The molecule has 2 aromatic rings. The molecule has 0 aliphatic heterocycles. The molecule has 1 atom stereocenters. The van der Waals surface area contributed by atoms with Gasteiger partial charge in [0, 0.05) is 13.6 Å². The molecule has 2 aromatic carbocycles. The van der Waals surface area contributed by atoms with Crippen LogP contribution in [0, 0.1) is 11.6 Å². The van der Waals surface area contributed by atoms with Crippen molar-refractivity contribution in [2.24, 2.45) is 10.7 Å². The first-order valence-corrected chi connectivity index (χ1v) is 8.31. The van der Waals surface area contributed by atoms with Crippen LogP contribution in [0.2, 0.25) is 0 Å². The maximum Gasteiger partial charge on any atom is 0.255 e. The zero-order valence-corrected chi connectivity index (χ0v) is 17.9. The number of rotatable bonds is 7. The third-order valence-corrected chi connectivity index (χ3v) is 3.76. The SMILES string of the molecule is CN=C(NCc1cccc(OCC(N)=O)c1)NC(C)c1ccc(F)c(F)c1.I. The van der Waals surface area contributed by atoms with Gasteiger partial charge in [0.05, 0.1) is 6.04 Å². The number of hydrogen-bond acceptors (Lipinski definition) is 3. The standard InChI is InChI=1S/C19H22F2N4O2.HI/c1-12(14-6-7-16(20)17(21)9-14)25-19(23-2)24-10-13-4-3-5-15(8-13)27-11-18(22)26;/h3-9,12H,10-11H2,1-2H3,(H2,22,26)(H2,23,24,25);1H. The van der Waals surface area contributed by atoms with Gasteiger partial charge in [-0.3, -0.25) is 9.79 Å². The highest BCUT2D eigenvalue weighted by Gasteiger charge is 2.11. The van der Waals surface area contributed by atoms with E-state index < -0.39 is 17.5 Å². The van der Waals surface area contributed by atoms with Crippen LogP contribution in [0.3, 0.4) is 0 Å². The van der Waals surface area contributed by atoms with Crippen molar-refractivity contribution >= 4 is 35.8 Å². The summed E-state index contributed by atoms with van der Waals surface area (Å²) in [6, 6.07) is 10.7. The van der Waals surface area contributed by atoms with Crippen molar-refractivity contribution in [2.75, 3.05) is 13.7 Å². The Hall–Kier alpha value is -2.43. The quantitative estimate of drug-likeness (QED) is 0.308. The van der Waals surface area contributed by atoms with E-state index in [9.17, 15) is 13.6 Å². The van der Waals surface area contributed by atoms with Gasteiger partial charge in [-0.1, -0.05) is 18.2 Å². The van der Waals surface area contributed by atoms with Crippen molar-refractivity contribution in [1.82, 2.24) is 10.6 Å². The summed E-state index contributed by atoms with van der Waals surface area (Å²) in [5.74, 6) is -1.29. The molecule has 0 spiro atoms. The van der Waals surface area contributed by atoms with Crippen molar-refractivity contribution in [1.29, 1.82) is 0 Å². The average Bonchev–Trinajstić information content (AvgIpc) is 2.65. The number of nitrogens with two attached hydrogens (primary N) is 1. The second-order valence-corrected chi connectivity index (χ2v) is 5.87.